The molecule has 2 aliphatic rings. The second-order valence-corrected chi connectivity index (χ2v) is 6.26. The molecule has 23 heavy (non-hydrogen) atoms. The lowest BCUT2D eigenvalue weighted by atomic mass is 9.83. The molecule has 0 amide bonds. The minimum absolute atomic E-state index is 0. The van der Waals surface area contributed by atoms with Crippen LogP contribution >= 0.6 is 24.0 Å². The molecular weight excluding hydrogens is 401 g/mol. The van der Waals surface area contributed by atoms with Gasteiger partial charge in [0.2, 0.25) is 0 Å². The molecule has 2 unspecified atom stereocenters. The van der Waals surface area contributed by atoms with Crippen molar-refractivity contribution in [3.05, 3.63) is 35.4 Å². The fourth-order valence-electron chi connectivity index (χ4n) is 3.52. The van der Waals surface area contributed by atoms with Crippen molar-refractivity contribution in [2.75, 3.05) is 26.7 Å². The topological polar surface area (TPSA) is 45.7 Å². The lowest BCUT2D eigenvalue weighted by Gasteiger charge is -2.26. The van der Waals surface area contributed by atoms with Crippen molar-refractivity contribution in [3.8, 4) is 0 Å². The molecule has 1 fully saturated rings. The Morgan fingerprint density at radius 1 is 1.17 bits per heavy atom. The number of nitrogens with one attached hydrogen (secondary N) is 2. The van der Waals surface area contributed by atoms with Gasteiger partial charge in [0.25, 0.3) is 0 Å². The van der Waals surface area contributed by atoms with E-state index in [2.05, 4.69) is 39.9 Å². The third-order valence-electron chi connectivity index (χ3n) is 4.75. The second-order valence-electron chi connectivity index (χ2n) is 6.26. The maximum Gasteiger partial charge on any atom is 0.191 e. The van der Waals surface area contributed by atoms with Crippen molar-refractivity contribution in [3.63, 3.8) is 0 Å². The van der Waals surface area contributed by atoms with E-state index in [1.165, 1.54) is 36.8 Å². The number of hydrogen-bond acceptors (Lipinski definition) is 2. The highest BCUT2D eigenvalue weighted by Crippen LogP contribution is 2.30. The van der Waals surface area contributed by atoms with Gasteiger partial charge in [-0.2, -0.15) is 0 Å². The predicted octanol–water partition coefficient (Wildman–Crippen LogP) is 3.07. The van der Waals surface area contributed by atoms with Crippen molar-refractivity contribution in [2.45, 2.75) is 44.1 Å². The van der Waals surface area contributed by atoms with Crippen molar-refractivity contribution < 1.29 is 4.74 Å². The fourth-order valence-corrected chi connectivity index (χ4v) is 3.52. The molecule has 1 heterocycles. The van der Waals surface area contributed by atoms with Gasteiger partial charge < -0.3 is 15.4 Å². The van der Waals surface area contributed by atoms with Crippen LogP contribution in [0.1, 0.15) is 42.7 Å². The summed E-state index contributed by atoms with van der Waals surface area (Å²) < 4.78 is 5.64. The summed E-state index contributed by atoms with van der Waals surface area (Å²) in [5, 5.41) is 6.88. The number of rotatable bonds is 4. The second kappa shape index (κ2) is 9.47. The Bertz CT molecular complexity index is 515. The molecule has 1 aliphatic heterocycles. The summed E-state index contributed by atoms with van der Waals surface area (Å²) >= 11 is 0. The standard InChI is InChI=1S/C18H27N3O.HI/c1-19-18(21-13-16-9-5-11-22-16)20-12-15-8-4-7-14-6-2-3-10-17(14)15;/h2-3,6,10,15-16H,4-5,7-9,11-13H2,1H3,(H2,19,20,21);1H. The summed E-state index contributed by atoms with van der Waals surface area (Å²) in [5.41, 5.74) is 3.03. The molecule has 5 heteroatoms. The van der Waals surface area contributed by atoms with E-state index in [9.17, 15) is 0 Å². The number of aliphatic imine (C=N–C) groups is 1. The van der Waals surface area contributed by atoms with Crippen LogP contribution in [0.3, 0.4) is 0 Å². The molecule has 2 atom stereocenters. The Kier molecular flexibility index (Phi) is 7.62. The van der Waals surface area contributed by atoms with Crippen LogP contribution in [0.25, 0.3) is 0 Å². The maximum atomic E-state index is 5.64. The Labute approximate surface area is 156 Å². The summed E-state index contributed by atoms with van der Waals surface area (Å²) in [4.78, 5) is 4.33. The number of halogens is 1. The van der Waals surface area contributed by atoms with Crippen LogP contribution < -0.4 is 10.6 Å². The van der Waals surface area contributed by atoms with E-state index in [0.29, 0.717) is 12.0 Å². The molecule has 1 aliphatic carbocycles. The molecule has 0 radical (unpaired) electrons. The molecule has 0 bridgehead atoms. The van der Waals surface area contributed by atoms with E-state index in [-0.39, 0.29) is 24.0 Å². The van der Waals surface area contributed by atoms with Crippen molar-refractivity contribution in [2.24, 2.45) is 4.99 Å². The smallest absolute Gasteiger partial charge is 0.191 e. The molecule has 0 saturated carbocycles. The molecule has 1 aromatic rings. The molecule has 1 aromatic carbocycles. The SMILES string of the molecule is CN=C(NCC1CCCO1)NCC1CCCc2ccccc21.I. The van der Waals surface area contributed by atoms with Crippen molar-refractivity contribution in [1.29, 1.82) is 0 Å². The normalized spacial score (nSPS) is 23.8. The summed E-state index contributed by atoms with van der Waals surface area (Å²) in [5.74, 6) is 1.48. The Hall–Kier alpha value is -0.820. The molecule has 128 valence electrons. The highest BCUT2D eigenvalue weighted by atomic mass is 127. The summed E-state index contributed by atoms with van der Waals surface area (Å²) in [6.45, 7) is 2.69. The minimum atomic E-state index is 0. The average molecular weight is 429 g/mol. The largest absolute Gasteiger partial charge is 0.376 e. The van der Waals surface area contributed by atoms with E-state index in [1.807, 2.05) is 7.05 Å². The number of guanidine groups is 1. The van der Waals surface area contributed by atoms with Crippen LogP contribution in [-0.4, -0.2) is 38.8 Å². The zero-order valence-corrected chi connectivity index (χ0v) is 16.2. The van der Waals surface area contributed by atoms with Crippen LogP contribution in [0.2, 0.25) is 0 Å². The Morgan fingerprint density at radius 3 is 2.78 bits per heavy atom. The Morgan fingerprint density at radius 2 is 2.00 bits per heavy atom. The first kappa shape index (κ1) is 18.5. The van der Waals surface area contributed by atoms with Gasteiger partial charge >= 0.3 is 0 Å². The van der Waals surface area contributed by atoms with Crippen LogP contribution in [-0.2, 0) is 11.2 Å². The van der Waals surface area contributed by atoms with Crippen LogP contribution in [0, 0.1) is 0 Å². The van der Waals surface area contributed by atoms with Crippen LogP contribution in [0.5, 0.6) is 0 Å². The maximum absolute atomic E-state index is 5.64. The molecule has 0 aromatic heterocycles. The third-order valence-corrected chi connectivity index (χ3v) is 4.75. The van der Waals surface area contributed by atoms with E-state index >= 15 is 0 Å². The van der Waals surface area contributed by atoms with Gasteiger partial charge in [-0.1, -0.05) is 24.3 Å². The predicted molar refractivity (Wildman–Crippen MR) is 106 cm³/mol. The summed E-state index contributed by atoms with van der Waals surface area (Å²) in [6.07, 6.45) is 6.43. The van der Waals surface area contributed by atoms with Gasteiger partial charge in [0, 0.05) is 32.7 Å². The number of hydrogen-bond donors (Lipinski definition) is 2. The van der Waals surface area contributed by atoms with Gasteiger partial charge in [-0.05, 0) is 43.2 Å². The molecule has 4 nitrogen and oxygen atoms in total. The Balaban J connectivity index is 0.00000192. The summed E-state index contributed by atoms with van der Waals surface area (Å²) in [7, 11) is 1.83. The zero-order chi connectivity index (χ0) is 15.2. The summed E-state index contributed by atoms with van der Waals surface area (Å²) in [6, 6.07) is 8.85. The van der Waals surface area contributed by atoms with Gasteiger partial charge in [-0.3, -0.25) is 4.99 Å². The van der Waals surface area contributed by atoms with Gasteiger partial charge in [-0.15, -0.1) is 24.0 Å². The number of aryl methyl sites for hydroxylation is 1. The van der Waals surface area contributed by atoms with Crippen molar-refractivity contribution >= 4 is 29.9 Å². The first-order valence-corrected chi connectivity index (χ1v) is 8.50. The minimum Gasteiger partial charge on any atom is -0.376 e. The van der Waals surface area contributed by atoms with Gasteiger partial charge in [-0.25, -0.2) is 0 Å². The molecule has 2 N–H and O–H groups in total. The number of ether oxygens (including phenoxy) is 1. The fraction of sp³-hybridized carbons (Fsp3) is 0.611. The van der Waals surface area contributed by atoms with Gasteiger partial charge in [0.1, 0.15) is 0 Å². The van der Waals surface area contributed by atoms with E-state index in [4.69, 9.17) is 4.74 Å². The van der Waals surface area contributed by atoms with E-state index in [1.54, 1.807) is 0 Å². The van der Waals surface area contributed by atoms with Gasteiger partial charge in [0.05, 0.1) is 6.10 Å². The van der Waals surface area contributed by atoms with Crippen molar-refractivity contribution in [1.82, 2.24) is 10.6 Å². The number of benzene rings is 1. The first-order valence-electron chi connectivity index (χ1n) is 8.50. The highest BCUT2D eigenvalue weighted by molar-refractivity contribution is 14.0. The van der Waals surface area contributed by atoms with E-state index < -0.39 is 0 Å². The molecule has 1 saturated heterocycles. The number of fused-ring (bicyclic) bond motifs is 1. The van der Waals surface area contributed by atoms with Crippen LogP contribution in [0.4, 0.5) is 0 Å². The van der Waals surface area contributed by atoms with Crippen LogP contribution in [0.15, 0.2) is 29.3 Å². The first-order chi connectivity index (χ1) is 10.9. The third kappa shape index (κ3) is 5.08. The molecule has 3 rings (SSSR count). The van der Waals surface area contributed by atoms with Gasteiger partial charge in [0.15, 0.2) is 5.96 Å². The lowest BCUT2D eigenvalue weighted by molar-refractivity contribution is 0.114. The average Bonchev–Trinajstić information content (AvgIpc) is 3.08. The quantitative estimate of drug-likeness (QED) is 0.440. The lowest BCUT2D eigenvalue weighted by Crippen LogP contribution is -2.42. The molecule has 0 spiro atoms. The van der Waals surface area contributed by atoms with E-state index in [0.717, 1.165) is 32.1 Å². The number of nitrogens with zero attached hydrogens (tertiary/aromatic N) is 1. The highest BCUT2D eigenvalue weighted by Gasteiger charge is 2.20. The zero-order valence-electron chi connectivity index (χ0n) is 13.9. The monoisotopic (exact) mass is 429 g/mol. The molecular formula is C18H28IN3O.